The van der Waals surface area contributed by atoms with Crippen LogP contribution in [0.1, 0.15) is 26.5 Å². The molecule has 0 atom stereocenters. The van der Waals surface area contributed by atoms with Crippen molar-refractivity contribution in [1.82, 2.24) is 9.71 Å². The second kappa shape index (κ2) is 5.19. The highest BCUT2D eigenvalue weighted by Crippen LogP contribution is 2.31. The third-order valence-electron chi connectivity index (χ3n) is 3.84. The van der Waals surface area contributed by atoms with E-state index < -0.39 is 0 Å². The second-order valence-electron chi connectivity index (χ2n) is 6.55. The van der Waals surface area contributed by atoms with Crippen LogP contribution in [0, 0.1) is 11.2 Å². The number of hydrogen-bond donors (Lipinski definition) is 2. The normalized spacial score (nSPS) is 11.8. The molecule has 0 saturated heterocycles. The Balaban J connectivity index is 2.38. The summed E-state index contributed by atoms with van der Waals surface area (Å²) in [6.07, 6.45) is 0. The molecule has 0 fully saturated rings. The van der Waals surface area contributed by atoms with E-state index >= 15 is 0 Å². The number of aromatic nitrogens is 2. The van der Waals surface area contributed by atoms with Crippen molar-refractivity contribution in [3.63, 3.8) is 0 Å². The number of nitrogens with zero attached hydrogens (tertiary/aromatic N) is 2. The summed E-state index contributed by atoms with van der Waals surface area (Å²) >= 11 is 0. The predicted molar refractivity (Wildman–Crippen MR) is 86.9 cm³/mol. The maximum Gasteiger partial charge on any atom is 0.256 e. The Morgan fingerprint density at radius 2 is 1.74 bits per heavy atom. The van der Waals surface area contributed by atoms with Crippen LogP contribution in [-0.4, -0.2) is 14.9 Å². The molecule has 3 rings (SSSR count). The first-order chi connectivity index (χ1) is 10.8. The first-order valence-corrected chi connectivity index (χ1v) is 7.35. The minimum absolute atomic E-state index is 0.249. The summed E-state index contributed by atoms with van der Waals surface area (Å²) < 4.78 is 14.7. The van der Waals surface area contributed by atoms with Crippen molar-refractivity contribution in [3.8, 4) is 11.3 Å². The predicted octanol–water partition coefficient (Wildman–Crippen LogP) is 3.86. The van der Waals surface area contributed by atoms with Crippen LogP contribution >= 0.6 is 0 Å². The third kappa shape index (κ3) is 2.59. The molecule has 4 nitrogen and oxygen atoms in total. The molecule has 1 aromatic heterocycles. The summed E-state index contributed by atoms with van der Waals surface area (Å²) in [5.74, 6) is -0.315. The van der Waals surface area contributed by atoms with E-state index in [1.165, 1.54) is 6.07 Å². The van der Waals surface area contributed by atoms with Crippen molar-refractivity contribution < 1.29 is 9.60 Å². The molecular formula is C18H18FN3O. The molecule has 2 aromatic carbocycles. The molecule has 1 heterocycles. The molecule has 118 valence electrons. The standard InChI is InChI=1S/C18H18FN3O/c1-18(2,3)16-10-15(22(23)17(20)21-16)13-8-9-14(19)12-7-5-4-6-11(12)13/h4-10,20,23H,1-3H3. The molecule has 0 radical (unpaired) electrons. The molecule has 0 aliphatic rings. The average molecular weight is 311 g/mol. The minimum atomic E-state index is -0.315. The number of hydrogen-bond acceptors (Lipinski definition) is 3. The van der Waals surface area contributed by atoms with Gasteiger partial charge in [-0.1, -0.05) is 45.0 Å². The van der Waals surface area contributed by atoms with Gasteiger partial charge in [0.15, 0.2) is 0 Å². The van der Waals surface area contributed by atoms with Gasteiger partial charge in [-0.3, -0.25) is 5.41 Å². The number of halogens is 1. The fourth-order valence-electron chi connectivity index (χ4n) is 2.56. The molecular weight excluding hydrogens is 293 g/mol. The Bertz CT molecular complexity index is 955. The van der Waals surface area contributed by atoms with Crippen LogP contribution < -0.4 is 5.62 Å². The summed E-state index contributed by atoms with van der Waals surface area (Å²) in [6.45, 7) is 5.97. The van der Waals surface area contributed by atoms with Crippen LogP contribution in [0.3, 0.4) is 0 Å². The fourth-order valence-corrected chi connectivity index (χ4v) is 2.56. The van der Waals surface area contributed by atoms with Crippen LogP contribution in [0.2, 0.25) is 0 Å². The van der Waals surface area contributed by atoms with Crippen molar-refractivity contribution in [2.75, 3.05) is 0 Å². The highest BCUT2D eigenvalue weighted by atomic mass is 19.1. The monoisotopic (exact) mass is 311 g/mol. The van der Waals surface area contributed by atoms with Crippen LogP contribution in [0.5, 0.6) is 0 Å². The zero-order valence-electron chi connectivity index (χ0n) is 13.3. The van der Waals surface area contributed by atoms with E-state index in [4.69, 9.17) is 5.41 Å². The summed E-state index contributed by atoms with van der Waals surface area (Å²) in [5, 5.41) is 19.3. The molecule has 0 spiro atoms. The maximum absolute atomic E-state index is 14.0. The minimum Gasteiger partial charge on any atom is -0.425 e. The van der Waals surface area contributed by atoms with Crippen molar-refractivity contribution in [1.29, 1.82) is 5.41 Å². The number of benzene rings is 2. The molecule has 0 unspecified atom stereocenters. The van der Waals surface area contributed by atoms with Gasteiger partial charge in [0, 0.05) is 16.4 Å². The molecule has 0 amide bonds. The Morgan fingerprint density at radius 1 is 1.09 bits per heavy atom. The lowest BCUT2D eigenvalue weighted by atomic mass is 9.90. The molecule has 0 aliphatic carbocycles. The third-order valence-corrected chi connectivity index (χ3v) is 3.84. The molecule has 0 saturated carbocycles. The first kappa shape index (κ1) is 15.2. The van der Waals surface area contributed by atoms with E-state index in [0.29, 0.717) is 27.7 Å². The highest BCUT2D eigenvalue weighted by molar-refractivity contribution is 5.96. The fraction of sp³-hybridized carbons (Fsp3) is 0.222. The van der Waals surface area contributed by atoms with E-state index in [1.807, 2.05) is 26.8 Å². The first-order valence-electron chi connectivity index (χ1n) is 7.35. The summed E-state index contributed by atoms with van der Waals surface area (Å²) in [7, 11) is 0. The van der Waals surface area contributed by atoms with E-state index in [9.17, 15) is 9.60 Å². The number of nitrogens with one attached hydrogen (secondary N) is 1. The zero-order chi connectivity index (χ0) is 16.8. The SMILES string of the molecule is CC(C)(C)c1cc(-c2ccc(F)c3ccccc23)n(O)c(=N)n1. The number of rotatable bonds is 1. The lowest BCUT2D eigenvalue weighted by molar-refractivity contribution is 0.169. The van der Waals surface area contributed by atoms with Crippen LogP contribution in [0.15, 0.2) is 42.5 Å². The van der Waals surface area contributed by atoms with E-state index in [-0.39, 0.29) is 16.9 Å². The Morgan fingerprint density at radius 3 is 2.39 bits per heavy atom. The topological polar surface area (TPSA) is 61.9 Å². The van der Waals surface area contributed by atoms with Crippen LogP contribution in [-0.2, 0) is 5.41 Å². The number of fused-ring (bicyclic) bond motifs is 1. The lowest BCUT2D eigenvalue weighted by Crippen LogP contribution is -2.28. The van der Waals surface area contributed by atoms with Crippen LogP contribution in [0.25, 0.3) is 22.0 Å². The lowest BCUT2D eigenvalue weighted by Gasteiger charge is -2.20. The Hall–Kier alpha value is -2.69. The largest absolute Gasteiger partial charge is 0.425 e. The van der Waals surface area contributed by atoms with Gasteiger partial charge in [-0.05, 0) is 23.6 Å². The Labute approximate surface area is 133 Å². The van der Waals surface area contributed by atoms with Crippen molar-refractivity contribution in [2.45, 2.75) is 26.2 Å². The van der Waals surface area contributed by atoms with E-state index in [0.717, 1.165) is 4.73 Å². The molecule has 5 heteroatoms. The van der Waals surface area contributed by atoms with E-state index in [1.54, 1.807) is 30.3 Å². The van der Waals surface area contributed by atoms with Gasteiger partial charge in [-0.2, -0.15) is 0 Å². The van der Waals surface area contributed by atoms with Gasteiger partial charge in [-0.15, -0.1) is 4.73 Å². The molecule has 0 bridgehead atoms. The zero-order valence-corrected chi connectivity index (χ0v) is 13.3. The van der Waals surface area contributed by atoms with E-state index in [2.05, 4.69) is 4.98 Å². The maximum atomic E-state index is 14.0. The smallest absolute Gasteiger partial charge is 0.256 e. The van der Waals surface area contributed by atoms with Gasteiger partial charge in [-0.25, -0.2) is 9.37 Å². The van der Waals surface area contributed by atoms with Crippen LogP contribution in [0.4, 0.5) is 4.39 Å². The second-order valence-corrected chi connectivity index (χ2v) is 6.55. The van der Waals surface area contributed by atoms with Gasteiger partial charge >= 0.3 is 0 Å². The highest BCUT2D eigenvalue weighted by Gasteiger charge is 2.20. The van der Waals surface area contributed by atoms with Gasteiger partial charge in [0.25, 0.3) is 5.62 Å². The van der Waals surface area contributed by atoms with Crippen molar-refractivity contribution in [3.05, 3.63) is 59.6 Å². The Kier molecular flexibility index (Phi) is 3.43. The average Bonchev–Trinajstić information content (AvgIpc) is 2.50. The molecule has 3 aromatic rings. The quantitative estimate of drug-likeness (QED) is 0.670. The molecule has 0 aliphatic heterocycles. The molecule has 2 N–H and O–H groups in total. The summed E-state index contributed by atoms with van der Waals surface area (Å²) in [5.41, 5.74) is 1.25. The summed E-state index contributed by atoms with van der Waals surface area (Å²) in [6, 6.07) is 11.8. The summed E-state index contributed by atoms with van der Waals surface area (Å²) in [4.78, 5) is 4.13. The van der Waals surface area contributed by atoms with Gasteiger partial charge in [0.05, 0.1) is 11.4 Å². The van der Waals surface area contributed by atoms with Crippen molar-refractivity contribution >= 4 is 10.8 Å². The van der Waals surface area contributed by atoms with Crippen molar-refractivity contribution in [2.24, 2.45) is 0 Å². The molecule has 23 heavy (non-hydrogen) atoms. The van der Waals surface area contributed by atoms with Gasteiger partial charge < -0.3 is 5.21 Å². The van der Waals surface area contributed by atoms with Gasteiger partial charge in [0.1, 0.15) is 5.82 Å². The van der Waals surface area contributed by atoms with Gasteiger partial charge in [0.2, 0.25) is 0 Å².